The Labute approximate surface area is 107 Å². The van der Waals surface area contributed by atoms with Gasteiger partial charge in [-0.1, -0.05) is 0 Å². The minimum Gasteiger partial charge on any atom is -0.453 e. The first-order valence-electron chi connectivity index (χ1n) is 4.17. The maximum atomic E-state index is 13.1. The van der Waals surface area contributed by atoms with Crippen LogP contribution in [-0.2, 0) is 10.9 Å². The normalized spacial score (nSPS) is 11.2. The lowest BCUT2D eigenvalue weighted by atomic mass is 10.2. The molecule has 0 aliphatic heterocycles. The number of carbonyl (C=O) groups excluding carboxylic acids is 1. The second-order valence-electron chi connectivity index (χ2n) is 2.93. The zero-order chi connectivity index (χ0) is 13.2. The van der Waals surface area contributed by atoms with E-state index in [9.17, 15) is 22.4 Å². The highest BCUT2D eigenvalue weighted by Crippen LogP contribution is 2.34. The zero-order valence-corrected chi connectivity index (χ0v) is 10.5. The maximum Gasteiger partial charge on any atom is 0.419 e. The minimum atomic E-state index is -4.82. The van der Waals surface area contributed by atoms with Crippen LogP contribution in [0.1, 0.15) is 5.56 Å². The molecule has 0 aromatic heterocycles. The number of carbonyl (C=O) groups is 1. The highest BCUT2D eigenvalue weighted by molar-refractivity contribution is 14.1. The standard InChI is InChI=1S/C9H6F4INO2/c1-17-8(16)15-7-2-4(9(11,12)13)5(10)3-6(7)14/h2-3H,1H3,(H,15,16). The summed E-state index contributed by atoms with van der Waals surface area (Å²) in [5.74, 6) is -1.39. The molecule has 94 valence electrons. The molecule has 1 amide bonds. The van der Waals surface area contributed by atoms with Gasteiger partial charge in [0.1, 0.15) is 5.82 Å². The maximum absolute atomic E-state index is 13.1. The lowest BCUT2D eigenvalue weighted by molar-refractivity contribution is -0.139. The molecule has 1 aromatic rings. The van der Waals surface area contributed by atoms with Crippen LogP contribution in [0.2, 0.25) is 0 Å². The lowest BCUT2D eigenvalue weighted by Gasteiger charge is -2.12. The van der Waals surface area contributed by atoms with Gasteiger partial charge in [0.05, 0.1) is 18.4 Å². The fraction of sp³-hybridized carbons (Fsp3) is 0.222. The molecule has 1 rings (SSSR count). The molecule has 8 heteroatoms. The van der Waals surface area contributed by atoms with E-state index in [-0.39, 0.29) is 9.26 Å². The summed E-state index contributed by atoms with van der Waals surface area (Å²) in [6.07, 6.45) is -5.75. The first kappa shape index (κ1) is 14.0. The molecule has 0 fully saturated rings. The van der Waals surface area contributed by atoms with E-state index < -0.39 is 23.7 Å². The lowest BCUT2D eigenvalue weighted by Crippen LogP contribution is -2.15. The number of hydrogen-bond donors (Lipinski definition) is 1. The molecule has 0 bridgehead atoms. The van der Waals surface area contributed by atoms with E-state index in [1.165, 1.54) is 0 Å². The number of amides is 1. The molecule has 0 saturated carbocycles. The van der Waals surface area contributed by atoms with Crippen LogP contribution in [0, 0.1) is 9.39 Å². The molecule has 0 atom stereocenters. The van der Waals surface area contributed by atoms with Gasteiger partial charge in [-0.25, -0.2) is 9.18 Å². The van der Waals surface area contributed by atoms with Crippen molar-refractivity contribution < 1.29 is 27.1 Å². The van der Waals surface area contributed by atoms with Crippen LogP contribution >= 0.6 is 22.6 Å². The van der Waals surface area contributed by atoms with Crippen LogP contribution in [0.4, 0.5) is 28.0 Å². The van der Waals surface area contributed by atoms with Crippen molar-refractivity contribution in [3.05, 3.63) is 27.1 Å². The number of alkyl halides is 3. The summed E-state index contributed by atoms with van der Waals surface area (Å²) in [5.41, 5.74) is -1.60. The summed E-state index contributed by atoms with van der Waals surface area (Å²) in [6, 6.07) is 1.21. The summed E-state index contributed by atoms with van der Waals surface area (Å²) < 4.78 is 54.6. The fourth-order valence-corrected chi connectivity index (χ4v) is 1.59. The molecule has 0 radical (unpaired) electrons. The van der Waals surface area contributed by atoms with Gasteiger partial charge < -0.3 is 4.74 Å². The summed E-state index contributed by atoms with van der Waals surface area (Å²) in [6.45, 7) is 0. The number of anilines is 1. The van der Waals surface area contributed by atoms with E-state index in [4.69, 9.17) is 0 Å². The third-order valence-corrected chi connectivity index (χ3v) is 2.68. The topological polar surface area (TPSA) is 38.3 Å². The molecule has 0 aliphatic rings. The Morgan fingerprint density at radius 3 is 2.47 bits per heavy atom. The van der Waals surface area contributed by atoms with Gasteiger partial charge in [-0.2, -0.15) is 13.2 Å². The molecule has 0 aliphatic carbocycles. The van der Waals surface area contributed by atoms with Crippen molar-refractivity contribution >= 4 is 34.4 Å². The van der Waals surface area contributed by atoms with Crippen molar-refractivity contribution in [3.63, 3.8) is 0 Å². The van der Waals surface area contributed by atoms with Crippen LogP contribution < -0.4 is 5.32 Å². The Bertz CT molecular complexity index is 447. The second-order valence-corrected chi connectivity index (χ2v) is 4.09. The molecule has 0 unspecified atom stereocenters. The highest BCUT2D eigenvalue weighted by atomic mass is 127. The van der Waals surface area contributed by atoms with Gasteiger partial charge in [0.2, 0.25) is 0 Å². The first-order valence-corrected chi connectivity index (χ1v) is 5.24. The van der Waals surface area contributed by atoms with E-state index >= 15 is 0 Å². The first-order chi connectivity index (χ1) is 7.75. The van der Waals surface area contributed by atoms with Gasteiger partial charge in [0.15, 0.2) is 0 Å². The van der Waals surface area contributed by atoms with Crippen molar-refractivity contribution in [2.24, 2.45) is 0 Å². The highest BCUT2D eigenvalue weighted by Gasteiger charge is 2.35. The Morgan fingerprint density at radius 2 is 2.00 bits per heavy atom. The number of halogens is 5. The Morgan fingerprint density at radius 1 is 1.41 bits per heavy atom. The number of hydrogen-bond acceptors (Lipinski definition) is 2. The molecule has 1 N–H and O–H groups in total. The minimum absolute atomic E-state index is 0.138. The van der Waals surface area contributed by atoms with Crippen LogP contribution in [0.5, 0.6) is 0 Å². The molecule has 17 heavy (non-hydrogen) atoms. The van der Waals surface area contributed by atoms with Gasteiger partial charge in [-0.3, -0.25) is 5.32 Å². The van der Waals surface area contributed by atoms with E-state index in [0.29, 0.717) is 12.1 Å². The monoisotopic (exact) mass is 363 g/mol. The number of methoxy groups -OCH3 is 1. The Balaban J connectivity index is 3.20. The molecule has 0 spiro atoms. The average Bonchev–Trinajstić information content (AvgIpc) is 2.19. The number of nitrogens with one attached hydrogen (secondary N) is 1. The molecule has 0 saturated heterocycles. The Hall–Kier alpha value is -1.06. The third kappa shape index (κ3) is 3.45. The van der Waals surface area contributed by atoms with Crippen LogP contribution in [0.3, 0.4) is 0 Å². The van der Waals surface area contributed by atoms with Crippen molar-refractivity contribution in [3.8, 4) is 0 Å². The van der Waals surface area contributed by atoms with Crippen molar-refractivity contribution in [1.82, 2.24) is 0 Å². The zero-order valence-electron chi connectivity index (χ0n) is 8.36. The van der Waals surface area contributed by atoms with Crippen LogP contribution in [-0.4, -0.2) is 13.2 Å². The van der Waals surface area contributed by atoms with Crippen LogP contribution in [0.15, 0.2) is 12.1 Å². The molecule has 1 aromatic carbocycles. The van der Waals surface area contributed by atoms with E-state index in [2.05, 4.69) is 10.1 Å². The molecular weight excluding hydrogens is 357 g/mol. The number of benzene rings is 1. The second kappa shape index (κ2) is 5.07. The summed E-state index contributed by atoms with van der Waals surface area (Å²) in [5, 5.41) is 2.06. The summed E-state index contributed by atoms with van der Waals surface area (Å²) in [4.78, 5) is 10.9. The van der Waals surface area contributed by atoms with E-state index in [0.717, 1.165) is 7.11 Å². The van der Waals surface area contributed by atoms with Crippen molar-refractivity contribution in [2.45, 2.75) is 6.18 Å². The largest absolute Gasteiger partial charge is 0.453 e. The van der Waals surface area contributed by atoms with Gasteiger partial charge in [-0.05, 0) is 34.7 Å². The predicted molar refractivity (Wildman–Crippen MR) is 60.1 cm³/mol. The SMILES string of the molecule is COC(=O)Nc1cc(C(F)(F)F)c(F)cc1I. The van der Waals surface area contributed by atoms with Gasteiger partial charge in [0.25, 0.3) is 0 Å². The van der Waals surface area contributed by atoms with Gasteiger partial charge >= 0.3 is 12.3 Å². The van der Waals surface area contributed by atoms with Gasteiger partial charge in [-0.15, -0.1) is 0 Å². The molecule has 0 heterocycles. The number of rotatable bonds is 1. The summed E-state index contributed by atoms with van der Waals surface area (Å²) in [7, 11) is 1.07. The smallest absolute Gasteiger partial charge is 0.419 e. The molecule has 3 nitrogen and oxygen atoms in total. The predicted octanol–water partition coefficient (Wildman–Crippen LogP) is 3.63. The van der Waals surface area contributed by atoms with Crippen molar-refractivity contribution in [2.75, 3.05) is 12.4 Å². The van der Waals surface area contributed by atoms with E-state index in [1.54, 1.807) is 22.6 Å². The van der Waals surface area contributed by atoms with Crippen molar-refractivity contribution in [1.29, 1.82) is 0 Å². The van der Waals surface area contributed by atoms with E-state index in [1.807, 2.05) is 0 Å². The van der Waals surface area contributed by atoms with Gasteiger partial charge in [0, 0.05) is 3.57 Å². The fourth-order valence-electron chi connectivity index (χ4n) is 1.02. The quantitative estimate of drug-likeness (QED) is 0.612. The Kier molecular flexibility index (Phi) is 4.17. The average molecular weight is 363 g/mol. The molecular formula is C9H6F4INO2. The number of ether oxygens (including phenoxy) is 1. The summed E-state index contributed by atoms with van der Waals surface area (Å²) >= 11 is 1.60. The third-order valence-electron chi connectivity index (χ3n) is 1.78. The van der Waals surface area contributed by atoms with Crippen LogP contribution in [0.25, 0.3) is 0 Å².